The van der Waals surface area contributed by atoms with Crippen molar-refractivity contribution < 1.29 is 0 Å². The minimum absolute atomic E-state index is 0.866. The molecule has 0 amide bonds. The van der Waals surface area contributed by atoms with Gasteiger partial charge in [0.05, 0.1) is 10.3 Å². The predicted molar refractivity (Wildman–Crippen MR) is 123 cm³/mol. The first kappa shape index (κ1) is 25.3. The zero-order chi connectivity index (χ0) is 19.0. The van der Waals surface area contributed by atoms with E-state index in [4.69, 9.17) is 0 Å². The van der Waals surface area contributed by atoms with Gasteiger partial charge in [0, 0.05) is 12.7 Å². The third-order valence-corrected chi connectivity index (χ3v) is 4.92. The molecule has 0 radical (unpaired) electrons. The number of hydrogen-bond acceptors (Lipinski definition) is 4. The van der Waals surface area contributed by atoms with Gasteiger partial charge in [0.15, 0.2) is 0 Å². The molecule has 0 aromatic rings. The van der Waals surface area contributed by atoms with Crippen LogP contribution in [0.2, 0.25) is 0 Å². The Morgan fingerprint density at radius 2 is 0.962 bits per heavy atom. The van der Waals surface area contributed by atoms with E-state index < -0.39 is 0 Å². The summed E-state index contributed by atoms with van der Waals surface area (Å²) < 4.78 is 0. The first-order chi connectivity index (χ1) is 12.9. The molecule has 0 heterocycles. The Hall–Kier alpha value is -0.660. The summed E-state index contributed by atoms with van der Waals surface area (Å²) in [6, 6.07) is 0. The van der Waals surface area contributed by atoms with E-state index in [2.05, 4.69) is 50.8 Å². The number of allylic oxidation sites excluding steroid dienone is 1. The Morgan fingerprint density at radius 3 is 1.38 bits per heavy atom. The summed E-state index contributed by atoms with van der Waals surface area (Å²) in [4.78, 5) is 7.71. The number of isothiocyanates is 2. The average Bonchev–Trinajstić information content (AvgIpc) is 2.66. The van der Waals surface area contributed by atoms with Crippen molar-refractivity contribution in [1.29, 1.82) is 0 Å². The Balaban J connectivity index is 3.04. The number of aliphatic imine (C=N–C) groups is 2. The number of hydrogen-bond donors (Lipinski definition) is 0. The fourth-order valence-electron chi connectivity index (χ4n) is 3.13. The average molecular weight is 395 g/mol. The molecule has 0 rings (SSSR count). The summed E-state index contributed by atoms with van der Waals surface area (Å²) in [5.74, 6) is 0. The topological polar surface area (TPSA) is 24.7 Å². The number of thiocarbonyl (C=S) groups is 2. The second-order valence-electron chi connectivity index (χ2n) is 7.02. The standard InChI is InChI=1S/C22H38N2S2/c25-21-23-19-17-15-13-11-9-7-5-3-1-2-4-6-8-10-12-14-16-18-20-24-22-26/h17,19H,1-16,18,20H2/b19-17-. The molecule has 0 saturated heterocycles. The molecule has 4 heteroatoms. The van der Waals surface area contributed by atoms with E-state index in [1.807, 2.05) is 0 Å². The van der Waals surface area contributed by atoms with Crippen molar-refractivity contribution in [2.75, 3.05) is 6.54 Å². The summed E-state index contributed by atoms with van der Waals surface area (Å²) >= 11 is 9.06. The van der Waals surface area contributed by atoms with Gasteiger partial charge in [-0.1, -0.05) is 96.0 Å². The second-order valence-corrected chi connectivity index (χ2v) is 7.39. The Bertz CT molecular complexity index is 408. The van der Waals surface area contributed by atoms with Crippen molar-refractivity contribution in [3.05, 3.63) is 12.3 Å². The molecule has 0 saturated carbocycles. The van der Waals surface area contributed by atoms with Gasteiger partial charge in [0.25, 0.3) is 0 Å². The number of rotatable bonds is 20. The third kappa shape index (κ3) is 23.3. The van der Waals surface area contributed by atoms with E-state index in [0.717, 1.165) is 13.0 Å². The Kier molecular flexibility index (Phi) is 23.7. The maximum absolute atomic E-state index is 4.56. The van der Waals surface area contributed by atoms with Crippen molar-refractivity contribution in [2.45, 2.75) is 109 Å². The van der Waals surface area contributed by atoms with Crippen LogP contribution >= 0.6 is 24.4 Å². The molecule has 0 fully saturated rings. The minimum atomic E-state index is 0.866. The van der Waals surface area contributed by atoms with Crippen LogP contribution < -0.4 is 0 Å². The molecule has 0 aliphatic carbocycles. The monoisotopic (exact) mass is 394 g/mol. The second kappa shape index (κ2) is 24.3. The van der Waals surface area contributed by atoms with Gasteiger partial charge in [-0.05, 0) is 43.7 Å². The fourth-order valence-corrected chi connectivity index (χ4v) is 3.28. The lowest BCUT2D eigenvalue weighted by molar-refractivity contribution is 0.529. The van der Waals surface area contributed by atoms with Crippen LogP contribution in [0.3, 0.4) is 0 Å². The van der Waals surface area contributed by atoms with Crippen LogP contribution in [0.4, 0.5) is 0 Å². The third-order valence-electron chi connectivity index (χ3n) is 4.69. The number of nitrogens with zero attached hydrogens (tertiary/aromatic N) is 2. The van der Waals surface area contributed by atoms with Crippen LogP contribution in [0.25, 0.3) is 0 Å². The largest absolute Gasteiger partial charge is 0.233 e. The maximum atomic E-state index is 4.56. The normalized spacial score (nSPS) is 10.6. The van der Waals surface area contributed by atoms with Gasteiger partial charge in [0.2, 0.25) is 0 Å². The molecule has 148 valence electrons. The molecule has 0 aromatic carbocycles. The van der Waals surface area contributed by atoms with E-state index in [0.29, 0.717) is 0 Å². The summed E-state index contributed by atoms with van der Waals surface area (Å²) in [5.41, 5.74) is 0. The molecule has 0 aliphatic rings. The molecule has 0 unspecified atom stereocenters. The molecular formula is C22H38N2S2. The van der Waals surface area contributed by atoms with Gasteiger partial charge in [-0.15, -0.1) is 0 Å². The zero-order valence-corrected chi connectivity index (χ0v) is 18.2. The number of unbranched alkanes of at least 4 members (excludes halogenated alkanes) is 16. The molecular weight excluding hydrogens is 356 g/mol. The van der Waals surface area contributed by atoms with Crippen molar-refractivity contribution in [3.8, 4) is 0 Å². The molecule has 0 spiro atoms. The van der Waals surface area contributed by atoms with Crippen LogP contribution in [0.5, 0.6) is 0 Å². The van der Waals surface area contributed by atoms with E-state index in [1.54, 1.807) is 6.20 Å². The van der Waals surface area contributed by atoms with Gasteiger partial charge >= 0.3 is 0 Å². The van der Waals surface area contributed by atoms with Gasteiger partial charge < -0.3 is 0 Å². The van der Waals surface area contributed by atoms with Gasteiger partial charge in [-0.3, -0.25) is 0 Å². The van der Waals surface area contributed by atoms with Gasteiger partial charge in [-0.2, -0.15) is 0 Å². The molecule has 0 bridgehead atoms. The Labute approximate surface area is 172 Å². The van der Waals surface area contributed by atoms with E-state index >= 15 is 0 Å². The maximum Gasteiger partial charge on any atom is 0.0634 e. The first-order valence-electron chi connectivity index (χ1n) is 10.7. The lowest BCUT2D eigenvalue weighted by Gasteiger charge is -2.03. The zero-order valence-electron chi connectivity index (χ0n) is 16.6. The molecule has 0 aliphatic heterocycles. The molecule has 26 heavy (non-hydrogen) atoms. The highest BCUT2D eigenvalue weighted by Gasteiger charge is 1.94. The summed E-state index contributed by atoms with van der Waals surface area (Å²) in [6.07, 6.45) is 26.9. The van der Waals surface area contributed by atoms with Crippen LogP contribution in [0.1, 0.15) is 109 Å². The van der Waals surface area contributed by atoms with Crippen LogP contribution in [0, 0.1) is 0 Å². The molecule has 2 nitrogen and oxygen atoms in total. The van der Waals surface area contributed by atoms with Gasteiger partial charge in [-0.25, -0.2) is 9.98 Å². The Morgan fingerprint density at radius 1 is 0.538 bits per heavy atom. The van der Waals surface area contributed by atoms with E-state index in [-0.39, 0.29) is 0 Å². The lowest BCUT2D eigenvalue weighted by atomic mass is 10.0. The van der Waals surface area contributed by atoms with Crippen molar-refractivity contribution >= 4 is 34.8 Å². The fraction of sp³-hybridized carbons (Fsp3) is 0.818. The quantitative estimate of drug-likeness (QED) is 0.118. The van der Waals surface area contributed by atoms with Crippen LogP contribution in [-0.4, -0.2) is 16.9 Å². The lowest BCUT2D eigenvalue weighted by Crippen LogP contribution is -1.84. The van der Waals surface area contributed by atoms with Gasteiger partial charge in [0.1, 0.15) is 0 Å². The molecule has 0 atom stereocenters. The van der Waals surface area contributed by atoms with Crippen molar-refractivity contribution in [1.82, 2.24) is 0 Å². The minimum Gasteiger partial charge on any atom is -0.233 e. The highest BCUT2D eigenvalue weighted by Crippen LogP contribution is 2.14. The first-order valence-corrected chi connectivity index (χ1v) is 11.5. The summed E-state index contributed by atoms with van der Waals surface area (Å²) in [5, 5.41) is 4.77. The van der Waals surface area contributed by atoms with E-state index in [1.165, 1.54) is 103 Å². The molecule has 0 N–H and O–H groups in total. The van der Waals surface area contributed by atoms with Crippen LogP contribution in [-0.2, 0) is 0 Å². The van der Waals surface area contributed by atoms with Crippen molar-refractivity contribution in [3.63, 3.8) is 0 Å². The van der Waals surface area contributed by atoms with Crippen molar-refractivity contribution in [2.24, 2.45) is 9.98 Å². The predicted octanol–water partition coefficient (Wildman–Crippen LogP) is 8.34. The smallest absolute Gasteiger partial charge is 0.0634 e. The van der Waals surface area contributed by atoms with Crippen LogP contribution in [0.15, 0.2) is 22.3 Å². The summed E-state index contributed by atoms with van der Waals surface area (Å²) in [7, 11) is 0. The van der Waals surface area contributed by atoms with E-state index in [9.17, 15) is 0 Å². The SMILES string of the molecule is S=C=N/C=C\CCCCCCCCCCCCCCCCCCN=C=S. The highest BCUT2D eigenvalue weighted by atomic mass is 32.1. The highest BCUT2D eigenvalue weighted by molar-refractivity contribution is 7.78. The summed E-state index contributed by atoms with van der Waals surface area (Å²) in [6.45, 7) is 0.866. The molecule has 0 aromatic heterocycles.